The third kappa shape index (κ3) is 2.80. The smallest absolute Gasteiger partial charge is 0.282 e. The quantitative estimate of drug-likeness (QED) is 0.802. The monoisotopic (exact) mass is 309 g/mol. The Labute approximate surface area is 135 Å². The highest BCUT2D eigenvalue weighted by molar-refractivity contribution is 5.53. The normalized spacial score (nSPS) is 20.9. The molecule has 1 aromatic carbocycles. The van der Waals surface area contributed by atoms with Gasteiger partial charge in [-0.25, -0.2) is 0 Å². The third-order valence-electron chi connectivity index (χ3n) is 4.70. The van der Waals surface area contributed by atoms with Gasteiger partial charge in [-0.2, -0.15) is 4.98 Å². The zero-order valence-electron chi connectivity index (χ0n) is 13.3. The molecule has 0 bridgehead atoms. The second kappa shape index (κ2) is 6.01. The number of hydrogen-bond donors (Lipinski definition) is 1. The first-order chi connectivity index (χ1) is 11.3. The van der Waals surface area contributed by atoms with Crippen molar-refractivity contribution in [1.82, 2.24) is 14.7 Å². The van der Waals surface area contributed by atoms with Crippen LogP contribution in [-0.2, 0) is 13.6 Å². The fourth-order valence-electron chi connectivity index (χ4n) is 3.54. The fourth-order valence-corrected chi connectivity index (χ4v) is 3.54. The van der Waals surface area contributed by atoms with Crippen LogP contribution in [0.2, 0.25) is 0 Å². The number of benzene rings is 1. The molecule has 2 atom stereocenters. The lowest BCUT2D eigenvalue weighted by molar-refractivity contribution is -0.933. The topological polar surface area (TPSA) is 48.3 Å². The van der Waals surface area contributed by atoms with Crippen molar-refractivity contribution in [2.45, 2.75) is 25.4 Å². The van der Waals surface area contributed by atoms with Crippen LogP contribution in [0.5, 0.6) is 0 Å². The molecular weight excluding hydrogens is 288 g/mol. The maximum Gasteiger partial charge on any atom is 0.282 e. The minimum Gasteiger partial charge on any atom is -0.350 e. The van der Waals surface area contributed by atoms with E-state index in [0.29, 0.717) is 11.9 Å². The van der Waals surface area contributed by atoms with Crippen LogP contribution in [0.3, 0.4) is 0 Å². The van der Waals surface area contributed by atoms with Gasteiger partial charge in [0.2, 0.25) is 5.82 Å². The second-order valence-electron chi connectivity index (χ2n) is 6.20. The number of rotatable bonds is 4. The first-order valence-electron chi connectivity index (χ1n) is 8.15. The van der Waals surface area contributed by atoms with Crippen LogP contribution in [0.25, 0.3) is 11.4 Å². The summed E-state index contributed by atoms with van der Waals surface area (Å²) in [7, 11) is 2.12. The zero-order valence-corrected chi connectivity index (χ0v) is 13.3. The van der Waals surface area contributed by atoms with E-state index in [1.807, 2.05) is 30.3 Å². The molecule has 0 amide bonds. The van der Waals surface area contributed by atoms with Crippen LogP contribution in [0.15, 0.2) is 53.2 Å². The molecule has 3 aromatic rings. The fraction of sp³-hybridized carbons (Fsp3) is 0.333. The molecule has 0 spiro atoms. The average Bonchev–Trinajstić information content (AvgIpc) is 3.30. The molecule has 23 heavy (non-hydrogen) atoms. The van der Waals surface area contributed by atoms with Gasteiger partial charge in [0.25, 0.3) is 5.89 Å². The van der Waals surface area contributed by atoms with Crippen molar-refractivity contribution in [1.29, 1.82) is 0 Å². The molecule has 4 rings (SSSR count). The Morgan fingerprint density at radius 2 is 2.09 bits per heavy atom. The van der Waals surface area contributed by atoms with Gasteiger partial charge < -0.3 is 14.0 Å². The summed E-state index contributed by atoms with van der Waals surface area (Å²) in [6.07, 6.45) is 4.57. The molecule has 1 fully saturated rings. The van der Waals surface area contributed by atoms with Crippen molar-refractivity contribution in [3.63, 3.8) is 0 Å². The van der Waals surface area contributed by atoms with Crippen LogP contribution in [0.4, 0.5) is 0 Å². The molecule has 1 aliphatic heterocycles. The maximum atomic E-state index is 5.49. The first kappa shape index (κ1) is 14.2. The number of hydrogen-bond acceptors (Lipinski definition) is 3. The van der Waals surface area contributed by atoms with Crippen molar-refractivity contribution in [3.05, 3.63) is 60.2 Å². The van der Waals surface area contributed by atoms with Gasteiger partial charge in [0, 0.05) is 31.6 Å². The molecule has 0 aliphatic carbocycles. The lowest BCUT2D eigenvalue weighted by atomic mass is 10.1. The molecule has 1 saturated heterocycles. The molecule has 3 heterocycles. The van der Waals surface area contributed by atoms with Crippen LogP contribution < -0.4 is 4.90 Å². The SMILES string of the molecule is Cn1cccc1[C@H]1CCC[NH+]1Cc1nc(-c2ccccc2)no1. The lowest BCUT2D eigenvalue weighted by Gasteiger charge is -2.20. The van der Waals surface area contributed by atoms with E-state index in [9.17, 15) is 0 Å². The van der Waals surface area contributed by atoms with E-state index < -0.39 is 0 Å². The molecule has 2 aromatic heterocycles. The van der Waals surface area contributed by atoms with E-state index in [0.717, 1.165) is 24.5 Å². The highest BCUT2D eigenvalue weighted by atomic mass is 16.5. The summed E-state index contributed by atoms with van der Waals surface area (Å²) in [6, 6.07) is 14.8. The zero-order chi connectivity index (χ0) is 15.6. The number of quaternary nitrogens is 1. The van der Waals surface area contributed by atoms with Crippen LogP contribution in [0.1, 0.15) is 30.5 Å². The van der Waals surface area contributed by atoms with E-state index in [1.54, 1.807) is 0 Å². The van der Waals surface area contributed by atoms with E-state index in [4.69, 9.17) is 4.52 Å². The van der Waals surface area contributed by atoms with E-state index in [1.165, 1.54) is 23.4 Å². The predicted octanol–water partition coefficient (Wildman–Crippen LogP) is 2.00. The molecule has 118 valence electrons. The molecule has 1 N–H and O–H groups in total. The van der Waals surface area contributed by atoms with Crippen molar-refractivity contribution < 1.29 is 9.42 Å². The number of aromatic nitrogens is 3. The van der Waals surface area contributed by atoms with Crippen LogP contribution in [-0.4, -0.2) is 21.3 Å². The van der Waals surface area contributed by atoms with E-state index in [2.05, 4.69) is 40.1 Å². The van der Waals surface area contributed by atoms with Crippen molar-refractivity contribution in [2.24, 2.45) is 7.05 Å². The van der Waals surface area contributed by atoms with Crippen molar-refractivity contribution in [3.8, 4) is 11.4 Å². The summed E-state index contributed by atoms with van der Waals surface area (Å²) >= 11 is 0. The van der Waals surface area contributed by atoms with Gasteiger partial charge in [-0.15, -0.1) is 0 Å². The third-order valence-corrected chi connectivity index (χ3v) is 4.70. The minimum atomic E-state index is 0.516. The summed E-state index contributed by atoms with van der Waals surface area (Å²) in [5.74, 6) is 1.40. The molecule has 0 radical (unpaired) electrons. The second-order valence-corrected chi connectivity index (χ2v) is 6.20. The minimum absolute atomic E-state index is 0.516. The van der Waals surface area contributed by atoms with Crippen LogP contribution >= 0.6 is 0 Å². The summed E-state index contributed by atoms with van der Waals surface area (Å²) in [5.41, 5.74) is 2.39. The largest absolute Gasteiger partial charge is 0.350 e. The average molecular weight is 309 g/mol. The summed E-state index contributed by atoms with van der Waals surface area (Å²) < 4.78 is 7.71. The van der Waals surface area contributed by atoms with Gasteiger partial charge >= 0.3 is 0 Å². The Balaban J connectivity index is 1.52. The Morgan fingerprint density at radius 1 is 1.22 bits per heavy atom. The van der Waals surface area contributed by atoms with Gasteiger partial charge in [0.1, 0.15) is 6.04 Å². The Hall–Kier alpha value is -2.40. The lowest BCUT2D eigenvalue weighted by Crippen LogP contribution is -3.09. The highest BCUT2D eigenvalue weighted by Crippen LogP contribution is 2.20. The molecule has 0 saturated carbocycles. The van der Waals surface area contributed by atoms with Crippen LogP contribution in [0, 0.1) is 0 Å². The summed E-state index contributed by atoms with van der Waals surface area (Å²) in [5, 5.41) is 4.13. The Bertz CT molecular complexity index is 777. The molecule has 1 aliphatic rings. The molecule has 1 unspecified atom stereocenters. The van der Waals surface area contributed by atoms with Crippen molar-refractivity contribution >= 4 is 0 Å². The predicted molar refractivity (Wildman–Crippen MR) is 86.7 cm³/mol. The van der Waals surface area contributed by atoms with Gasteiger partial charge in [-0.3, -0.25) is 0 Å². The standard InChI is InChI=1S/C18H20N4O/c1-21-11-5-9-15(21)16-10-6-12-22(16)13-17-19-18(20-23-17)14-7-3-2-4-8-14/h2-5,7-9,11,16H,6,10,12-13H2,1H3/p+1/t16-/m1/s1. The Kier molecular flexibility index (Phi) is 3.71. The van der Waals surface area contributed by atoms with Gasteiger partial charge in [0.05, 0.1) is 12.2 Å². The van der Waals surface area contributed by atoms with Gasteiger partial charge in [0.15, 0.2) is 6.54 Å². The van der Waals surface area contributed by atoms with Gasteiger partial charge in [-0.1, -0.05) is 35.5 Å². The highest BCUT2D eigenvalue weighted by Gasteiger charge is 2.32. The van der Waals surface area contributed by atoms with Gasteiger partial charge in [-0.05, 0) is 12.1 Å². The number of aryl methyl sites for hydroxylation is 1. The Morgan fingerprint density at radius 3 is 2.87 bits per heavy atom. The van der Waals surface area contributed by atoms with E-state index in [-0.39, 0.29) is 0 Å². The number of nitrogens with zero attached hydrogens (tertiary/aromatic N) is 3. The summed E-state index contributed by atoms with van der Waals surface area (Å²) in [6.45, 7) is 1.94. The summed E-state index contributed by atoms with van der Waals surface area (Å²) in [4.78, 5) is 6.09. The van der Waals surface area contributed by atoms with E-state index >= 15 is 0 Å². The number of nitrogens with one attached hydrogen (secondary N) is 1. The first-order valence-corrected chi connectivity index (χ1v) is 8.15. The van der Waals surface area contributed by atoms with Crippen molar-refractivity contribution in [2.75, 3.05) is 6.54 Å². The molecular formula is C18H21N4O+. The molecule has 5 heteroatoms. The molecule has 5 nitrogen and oxygen atoms in total. The maximum absolute atomic E-state index is 5.49. The number of likely N-dealkylation sites (tertiary alicyclic amines) is 1.